The number of hydrogen-bond donors (Lipinski definition) is 1. The van der Waals surface area contributed by atoms with Gasteiger partial charge < -0.3 is 14.2 Å². The lowest BCUT2D eigenvalue weighted by molar-refractivity contribution is 0.0965. The minimum absolute atomic E-state index is 0.184. The van der Waals surface area contributed by atoms with E-state index in [1.807, 2.05) is 6.92 Å². The highest BCUT2D eigenvalue weighted by atomic mass is 16.7. The molecule has 0 aromatic heterocycles. The number of rotatable bonds is 6. The highest BCUT2D eigenvalue weighted by molar-refractivity contribution is 6.04. The SMILES string of the molecule is CCCCCN=C(NC(=O)c1ccc2c(c1)OCO2)OCC. The molecule has 2 rings (SSSR count). The van der Waals surface area contributed by atoms with Crippen LogP contribution in [0.15, 0.2) is 23.2 Å². The molecule has 1 aliphatic rings. The Labute approximate surface area is 130 Å². The van der Waals surface area contributed by atoms with Crippen molar-refractivity contribution in [1.29, 1.82) is 0 Å². The van der Waals surface area contributed by atoms with Crippen LogP contribution < -0.4 is 14.8 Å². The number of carbonyl (C=O) groups is 1. The van der Waals surface area contributed by atoms with E-state index >= 15 is 0 Å². The van der Waals surface area contributed by atoms with Crippen LogP contribution >= 0.6 is 0 Å². The molecule has 0 atom stereocenters. The summed E-state index contributed by atoms with van der Waals surface area (Å²) in [7, 11) is 0. The van der Waals surface area contributed by atoms with Crippen LogP contribution in [0.5, 0.6) is 11.5 Å². The maximum absolute atomic E-state index is 12.3. The van der Waals surface area contributed by atoms with E-state index in [1.54, 1.807) is 18.2 Å². The zero-order chi connectivity index (χ0) is 15.8. The number of hydrogen-bond acceptors (Lipinski definition) is 5. The first-order valence-electron chi connectivity index (χ1n) is 7.62. The third-order valence-electron chi connectivity index (χ3n) is 3.15. The lowest BCUT2D eigenvalue weighted by atomic mass is 10.2. The molecule has 120 valence electrons. The molecular formula is C16H22N2O4. The highest BCUT2D eigenvalue weighted by Crippen LogP contribution is 2.32. The highest BCUT2D eigenvalue weighted by Gasteiger charge is 2.17. The first-order valence-corrected chi connectivity index (χ1v) is 7.62. The molecule has 1 aromatic rings. The average Bonchev–Trinajstić information content (AvgIpc) is 2.99. The van der Waals surface area contributed by atoms with E-state index in [9.17, 15) is 4.79 Å². The first-order chi connectivity index (χ1) is 10.7. The fraction of sp³-hybridized carbons (Fsp3) is 0.500. The van der Waals surface area contributed by atoms with Gasteiger partial charge in [0.15, 0.2) is 11.5 Å². The Morgan fingerprint density at radius 3 is 2.86 bits per heavy atom. The predicted molar refractivity (Wildman–Crippen MR) is 83.5 cm³/mol. The number of nitrogens with zero attached hydrogens (tertiary/aromatic N) is 1. The van der Waals surface area contributed by atoms with Crippen molar-refractivity contribution in [2.24, 2.45) is 4.99 Å². The fourth-order valence-electron chi connectivity index (χ4n) is 2.01. The Morgan fingerprint density at radius 1 is 1.27 bits per heavy atom. The smallest absolute Gasteiger partial charge is 0.291 e. The fourth-order valence-corrected chi connectivity index (χ4v) is 2.01. The largest absolute Gasteiger partial charge is 0.465 e. The van der Waals surface area contributed by atoms with E-state index < -0.39 is 0 Å². The molecule has 1 aliphatic heterocycles. The third kappa shape index (κ3) is 4.38. The lowest BCUT2D eigenvalue weighted by Crippen LogP contribution is -2.32. The number of aliphatic imine (C=N–C) groups is 1. The number of ether oxygens (including phenoxy) is 3. The van der Waals surface area contributed by atoms with E-state index in [4.69, 9.17) is 14.2 Å². The van der Waals surface area contributed by atoms with Crippen LogP contribution in [-0.4, -0.2) is 31.9 Å². The Bertz CT molecular complexity index is 543. The molecule has 0 bridgehead atoms. The van der Waals surface area contributed by atoms with Gasteiger partial charge in [0.25, 0.3) is 11.9 Å². The third-order valence-corrected chi connectivity index (χ3v) is 3.15. The summed E-state index contributed by atoms with van der Waals surface area (Å²) >= 11 is 0. The van der Waals surface area contributed by atoms with E-state index in [-0.39, 0.29) is 18.7 Å². The Morgan fingerprint density at radius 2 is 2.09 bits per heavy atom. The van der Waals surface area contributed by atoms with Gasteiger partial charge in [0, 0.05) is 12.1 Å². The molecule has 0 aliphatic carbocycles. The van der Waals surface area contributed by atoms with E-state index in [0.717, 1.165) is 19.3 Å². The van der Waals surface area contributed by atoms with Crippen molar-refractivity contribution < 1.29 is 19.0 Å². The Balaban J connectivity index is 1.98. The summed E-state index contributed by atoms with van der Waals surface area (Å²) in [5.74, 6) is 0.946. The number of amides is 1. The van der Waals surface area contributed by atoms with Crippen molar-refractivity contribution in [3.05, 3.63) is 23.8 Å². The molecule has 0 spiro atoms. The van der Waals surface area contributed by atoms with Crippen molar-refractivity contribution in [3.8, 4) is 11.5 Å². The molecule has 0 saturated carbocycles. The molecule has 22 heavy (non-hydrogen) atoms. The second-order valence-electron chi connectivity index (χ2n) is 4.85. The summed E-state index contributed by atoms with van der Waals surface area (Å²) in [4.78, 5) is 16.5. The lowest BCUT2D eigenvalue weighted by Gasteiger charge is -2.09. The second kappa shape index (κ2) is 8.26. The van der Waals surface area contributed by atoms with Crippen LogP contribution in [0.4, 0.5) is 0 Å². The predicted octanol–water partition coefficient (Wildman–Crippen LogP) is 2.73. The number of amidine groups is 1. The average molecular weight is 306 g/mol. The van der Waals surface area contributed by atoms with Gasteiger partial charge in [-0.25, -0.2) is 4.99 Å². The summed E-state index contributed by atoms with van der Waals surface area (Å²) in [5, 5.41) is 2.69. The van der Waals surface area contributed by atoms with E-state index in [2.05, 4.69) is 17.2 Å². The molecule has 6 nitrogen and oxygen atoms in total. The standard InChI is InChI=1S/C16H22N2O4/c1-3-5-6-9-17-16(20-4-2)18-15(19)12-7-8-13-14(10-12)22-11-21-13/h7-8,10H,3-6,9,11H2,1-2H3,(H,17,18,19). The molecule has 0 radical (unpaired) electrons. The first kappa shape index (κ1) is 16.1. The minimum Gasteiger partial charge on any atom is -0.465 e. The molecule has 1 heterocycles. The number of benzene rings is 1. The number of nitrogens with one attached hydrogen (secondary N) is 1. The molecule has 0 saturated heterocycles. The van der Waals surface area contributed by atoms with Gasteiger partial charge in [-0.2, -0.15) is 0 Å². The van der Waals surface area contributed by atoms with Crippen molar-refractivity contribution in [2.75, 3.05) is 19.9 Å². The summed E-state index contributed by atoms with van der Waals surface area (Å²) < 4.78 is 15.9. The van der Waals surface area contributed by atoms with Gasteiger partial charge >= 0.3 is 0 Å². The van der Waals surface area contributed by atoms with Crippen molar-refractivity contribution in [3.63, 3.8) is 0 Å². The van der Waals surface area contributed by atoms with Gasteiger partial charge in [-0.3, -0.25) is 10.1 Å². The van der Waals surface area contributed by atoms with Crippen LogP contribution in [0, 0.1) is 0 Å². The second-order valence-corrected chi connectivity index (χ2v) is 4.85. The topological polar surface area (TPSA) is 69.2 Å². The van der Waals surface area contributed by atoms with Gasteiger partial charge in [-0.1, -0.05) is 19.8 Å². The normalized spacial score (nSPS) is 13.1. The summed E-state index contributed by atoms with van der Waals surface area (Å²) in [6.07, 6.45) is 3.22. The molecular weight excluding hydrogens is 284 g/mol. The van der Waals surface area contributed by atoms with Crippen LogP contribution in [0.25, 0.3) is 0 Å². The van der Waals surface area contributed by atoms with E-state index in [1.165, 1.54) is 0 Å². The summed E-state index contributed by atoms with van der Waals surface area (Å²) in [6.45, 7) is 5.27. The summed E-state index contributed by atoms with van der Waals surface area (Å²) in [5.41, 5.74) is 0.477. The van der Waals surface area contributed by atoms with Crippen molar-refractivity contribution in [2.45, 2.75) is 33.1 Å². The Hall–Kier alpha value is -2.24. The summed E-state index contributed by atoms with van der Waals surface area (Å²) in [6, 6.07) is 5.32. The van der Waals surface area contributed by atoms with Gasteiger partial charge in [0.2, 0.25) is 6.79 Å². The quantitative estimate of drug-likeness (QED) is 0.498. The van der Waals surface area contributed by atoms with Gasteiger partial charge in [-0.05, 0) is 31.5 Å². The minimum atomic E-state index is -0.277. The van der Waals surface area contributed by atoms with Gasteiger partial charge in [-0.15, -0.1) is 0 Å². The van der Waals surface area contributed by atoms with Crippen molar-refractivity contribution >= 4 is 11.9 Å². The van der Waals surface area contributed by atoms with Crippen LogP contribution in [0.2, 0.25) is 0 Å². The maximum Gasteiger partial charge on any atom is 0.291 e. The molecule has 0 unspecified atom stereocenters. The molecule has 0 fully saturated rings. The molecule has 1 amide bonds. The zero-order valence-corrected chi connectivity index (χ0v) is 13.1. The van der Waals surface area contributed by atoms with Crippen molar-refractivity contribution in [1.82, 2.24) is 5.32 Å². The molecule has 1 aromatic carbocycles. The van der Waals surface area contributed by atoms with Gasteiger partial charge in [0.1, 0.15) is 0 Å². The Kier molecular flexibility index (Phi) is 6.06. The molecule has 1 N–H and O–H groups in total. The molecule has 6 heteroatoms. The van der Waals surface area contributed by atoms with Crippen LogP contribution in [-0.2, 0) is 4.74 Å². The number of unbranched alkanes of at least 4 members (excludes halogenated alkanes) is 2. The number of carbonyl (C=O) groups excluding carboxylic acids is 1. The zero-order valence-electron chi connectivity index (χ0n) is 13.1. The maximum atomic E-state index is 12.3. The monoisotopic (exact) mass is 306 g/mol. The number of fused-ring (bicyclic) bond motifs is 1. The van der Waals surface area contributed by atoms with Crippen LogP contribution in [0.1, 0.15) is 43.5 Å². The van der Waals surface area contributed by atoms with Gasteiger partial charge in [0.05, 0.1) is 6.61 Å². The van der Waals surface area contributed by atoms with Crippen LogP contribution in [0.3, 0.4) is 0 Å². The van der Waals surface area contributed by atoms with E-state index in [0.29, 0.717) is 30.2 Å².